The fourth-order valence-corrected chi connectivity index (χ4v) is 1.48. The molecule has 1 aromatic heterocycles. The van der Waals surface area contributed by atoms with Crippen LogP contribution in [0.5, 0.6) is 0 Å². The number of aromatic amines is 1. The van der Waals surface area contributed by atoms with E-state index in [0.29, 0.717) is 13.0 Å². The molecule has 64 valence electrons. The van der Waals surface area contributed by atoms with E-state index in [2.05, 4.69) is 10.3 Å². The van der Waals surface area contributed by atoms with Gasteiger partial charge in [0.15, 0.2) is 0 Å². The zero-order valence-electron chi connectivity index (χ0n) is 6.50. The molecule has 0 aliphatic carbocycles. The van der Waals surface area contributed by atoms with Crippen molar-refractivity contribution >= 4 is 5.97 Å². The van der Waals surface area contributed by atoms with E-state index in [-0.39, 0.29) is 0 Å². The molecule has 0 spiro atoms. The lowest BCUT2D eigenvalue weighted by Crippen LogP contribution is -2.41. The third kappa shape index (κ3) is 1.10. The SMILES string of the molecule is O=C(O)[C@H]1Cc2[nH]ccc2CN1. The number of nitrogens with one attached hydrogen (secondary N) is 2. The lowest BCUT2D eigenvalue weighted by atomic mass is 10.0. The van der Waals surface area contributed by atoms with Crippen LogP contribution in [0.3, 0.4) is 0 Å². The summed E-state index contributed by atoms with van der Waals surface area (Å²) in [6, 6.07) is 1.54. The Balaban J connectivity index is 2.20. The van der Waals surface area contributed by atoms with Gasteiger partial charge in [0, 0.05) is 24.9 Å². The Morgan fingerprint density at radius 3 is 3.25 bits per heavy atom. The molecular weight excluding hydrogens is 156 g/mol. The monoisotopic (exact) mass is 166 g/mol. The summed E-state index contributed by atoms with van der Waals surface area (Å²) >= 11 is 0. The van der Waals surface area contributed by atoms with Crippen LogP contribution in [-0.4, -0.2) is 22.1 Å². The molecule has 4 heteroatoms. The molecule has 0 fully saturated rings. The Labute approximate surface area is 69.6 Å². The van der Waals surface area contributed by atoms with Crippen LogP contribution in [0, 0.1) is 0 Å². The van der Waals surface area contributed by atoms with E-state index in [1.807, 2.05) is 12.3 Å². The molecule has 1 aromatic rings. The normalized spacial score (nSPS) is 21.8. The zero-order valence-corrected chi connectivity index (χ0v) is 6.50. The third-order valence-electron chi connectivity index (χ3n) is 2.17. The highest BCUT2D eigenvalue weighted by Crippen LogP contribution is 2.14. The van der Waals surface area contributed by atoms with Crippen molar-refractivity contribution in [2.45, 2.75) is 19.0 Å². The van der Waals surface area contributed by atoms with Gasteiger partial charge >= 0.3 is 5.97 Å². The van der Waals surface area contributed by atoms with Crippen LogP contribution < -0.4 is 5.32 Å². The number of carboxylic acids is 1. The van der Waals surface area contributed by atoms with E-state index in [1.165, 1.54) is 5.56 Å². The first-order chi connectivity index (χ1) is 5.77. The minimum Gasteiger partial charge on any atom is -0.480 e. The van der Waals surface area contributed by atoms with E-state index in [9.17, 15) is 4.79 Å². The fraction of sp³-hybridized carbons (Fsp3) is 0.375. The van der Waals surface area contributed by atoms with Gasteiger partial charge in [0.1, 0.15) is 6.04 Å². The second-order valence-corrected chi connectivity index (χ2v) is 2.96. The topological polar surface area (TPSA) is 65.1 Å². The summed E-state index contributed by atoms with van der Waals surface area (Å²) in [6.07, 6.45) is 2.40. The average Bonchev–Trinajstić information content (AvgIpc) is 2.49. The van der Waals surface area contributed by atoms with Gasteiger partial charge in [0.05, 0.1) is 0 Å². The maximum absolute atomic E-state index is 10.6. The highest BCUT2D eigenvalue weighted by molar-refractivity contribution is 5.74. The Hall–Kier alpha value is -1.29. The van der Waals surface area contributed by atoms with E-state index in [4.69, 9.17) is 5.11 Å². The first-order valence-corrected chi connectivity index (χ1v) is 3.88. The van der Waals surface area contributed by atoms with Crippen molar-refractivity contribution in [3.05, 3.63) is 23.5 Å². The minimum atomic E-state index is -0.782. The Bertz CT molecular complexity index is 306. The van der Waals surface area contributed by atoms with Gasteiger partial charge in [-0.3, -0.25) is 10.1 Å². The van der Waals surface area contributed by atoms with Crippen molar-refractivity contribution in [1.29, 1.82) is 0 Å². The lowest BCUT2D eigenvalue weighted by molar-refractivity contribution is -0.139. The predicted molar refractivity (Wildman–Crippen MR) is 42.8 cm³/mol. The van der Waals surface area contributed by atoms with E-state index in [0.717, 1.165) is 5.69 Å². The van der Waals surface area contributed by atoms with Crippen molar-refractivity contribution in [3.8, 4) is 0 Å². The van der Waals surface area contributed by atoms with Crippen molar-refractivity contribution in [2.24, 2.45) is 0 Å². The second-order valence-electron chi connectivity index (χ2n) is 2.96. The molecule has 0 aromatic carbocycles. The molecule has 2 heterocycles. The first-order valence-electron chi connectivity index (χ1n) is 3.88. The lowest BCUT2D eigenvalue weighted by Gasteiger charge is -2.19. The molecule has 12 heavy (non-hydrogen) atoms. The molecule has 0 saturated heterocycles. The standard InChI is InChI=1S/C8H10N2O2/c11-8(12)7-3-6-5(4-10-7)1-2-9-6/h1-2,7,9-10H,3-4H2,(H,11,12)/t7-/m1/s1. The number of carboxylic acid groups (broad SMARTS) is 1. The van der Waals surface area contributed by atoms with Gasteiger partial charge in [-0.1, -0.05) is 0 Å². The van der Waals surface area contributed by atoms with Gasteiger partial charge in [0.25, 0.3) is 0 Å². The summed E-state index contributed by atoms with van der Waals surface area (Å²) in [5.41, 5.74) is 2.22. The molecule has 3 N–H and O–H groups in total. The number of H-pyrrole nitrogens is 1. The Morgan fingerprint density at radius 2 is 2.50 bits per heavy atom. The van der Waals surface area contributed by atoms with Crippen molar-refractivity contribution in [1.82, 2.24) is 10.3 Å². The Morgan fingerprint density at radius 1 is 1.67 bits per heavy atom. The van der Waals surface area contributed by atoms with Gasteiger partial charge in [-0.25, -0.2) is 0 Å². The molecule has 1 atom stereocenters. The van der Waals surface area contributed by atoms with Gasteiger partial charge in [-0.15, -0.1) is 0 Å². The highest BCUT2D eigenvalue weighted by Gasteiger charge is 2.23. The molecule has 0 unspecified atom stereocenters. The molecule has 0 radical (unpaired) electrons. The number of aliphatic carboxylic acids is 1. The molecule has 0 amide bonds. The smallest absolute Gasteiger partial charge is 0.321 e. The average molecular weight is 166 g/mol. The summed E-state index contributed by atoms with van der Waals surface area (Å²) < 4.78 is 0. The van der Waals surface area contributed by atoms with Crippen LogP contribution in [0.25, 0.3) is 0 Å². The summed E-state index contributed by atoms with van der Waals surface area (Å²) in [4.78, 5) is 13.6. The van der Waals surface area contributed by atoms with Gasteiger partial charge in [0.2, 0.25) is 0 Å². The number of carbonyl (C=O) groups is 1. The van der Waals surface area contributed by atoms with Crippen molar-refractivity contribution in [3.63, 3.8) is 0 Å². The summed E-state index contributed by atoms with van der Waals surface area (Å²) in [5, 5.41) is 11.7. The van der Waals surface area contributed by atoms with Crippen LogP contribution in [0.1, 0.15) is 11.3 Å². The molecule has 4 nitrogen and oxygen atoms in total. The van der Waals surface area contributed by atoms with Crippen LogP contribution in [-0.2, 0) is 17.8 Å². The molecule has 0 saturated carbocycles. The van der Waals surface area contributed by atoms with Crippen molar-refractivity contribution < 1.29 is 9.90 Å². The van der Waals surface area contributed by atoms with Crippen molar-refractivity contribution in [2.75, 3.05) is 0 Å². The highest BCUT2D eigenvalue weighted by atomic mass is 16.4. The fourth-order valence-electron chi connectivity index (χ4n) is 1.48. The summed E-state index contributed by atoms with van der Waals surface area (Å²) in [5.74, 6) is -0.782. The number of fused-ring (bicyclic) bond motifs is 1. The van der Waals surface area contributed by atoms with Crippen LogP contribution in [0.4, 0.5) is 0 Å². The maximum Gasteiger partial charge on any atom is 0.321 e. The third-order valence-corrected chi connectivity index (χ3v) is 2.17. The number of hydrogen-bond donors (Lipinski definition) is 3. The summed E-state index contributed by atoms with van der Waals surface area (Å²) in [7, 11) is 0. The van der Waals surface area contributed by atoms with Crippen LogP contribution >= 0.6 is 0 Å². The zero-order chi connectivity index (χ0) is 8.55. The van der Waals surface area contributed by atoms with Gasteiger partial charge in [-0.2, -0.15) is 0 Å². The first kappa shape index (κ1) is 7.36. The van der Waals surface area contributed by atoms with Gasteiger partial charge < -0.3 is 10.1 Å². The van der Waals surface area contributed by atoms with Gasteiger partial charge in [-0.05, 0) is 11.6 Å². The minimum absolute atomic E-state index is 0.434. The Kier molecular flexibility index (Phi) is 1.62. The van der Waals surface area contributed by atoms with E-state index in [1.54, 1.807) is 0 Å². The number of aromatic nitrogens is 1. The van der Waals surface area contributed by atoms with E-state index >= 15 is 0 Å². The quantitative estimate of drug-likeness (QED) is 0.555. The largest absolute Gasteiger partial charge is 0.480 e. The second kappa shape index (κ2) is 2.64. The van der Waals surface area contributed by atoms with E-state index < -0.39 is 12.0 Å². The maximum atomic E-state index is 10.6. The number of rotatable bonds is 1. The molecule has 1 aliphatic rings. The molecule has 2 rings (SSSR count). The van der Waals surface area contributed by atoms with Crippen LogP contribution in [0.2, 0.25) is 0 Å². The molecular formula is C8H10N2O2. The summed E-state index contributed by atoms with van der Waals surface area (Å²) in [6.45, 7) is 0.649. The molecule has 0 bridgehead atoms. The van der Waals surface area contributed by atoms with Crippen LogP contribution in [0.15, 0.2) is 12.3 Å². The predicted octanol–water partition coefficient (Wildman–Crippen LogP) is 0.114. The molecule has 1 aliphatic heterocycles. The number of hydrogen-bond acceptors (Lipinski definition) is 2.